The summed E-state index contributed by atoms with van der Waals surface area (Å²) >= 11 is 7.44. The van der Waals surface area contributed by atoms with Crippen LogP contribution >= 0.6 is 22.9 Å². The topological polar surface area (TPSA) is 79.7 Å². The first-order chi connectivity index (χ1) is 19.5. The van der Waals surface area contributed by atoms with Gasteiger partial charge in [0.15, 0.2) is 16.7 Å². The van der Waals surface area contributed by atoms with E-state index in [1.54, 1.807) is 48.5 Å². The van der Waals surface area contributed by atoms with Gasteiger partial charge in [0.05, 0.1) is 21.8 Å². The number of thiazole rings is 1. The van der Waals surface area contributed by atoms with E-state index in [-0.39, 0.29) is 5.57 Å². The van der Waals surface area contributed by atoms with E-state index >= 15 is 0 Å². The molecule has 1 unspecified atom stereocenters. The first-order valence-corrected chi connectivity index (χ1v) is 13.6. The van der Waals surface area contributed by atoms with Crippen molar-refractivity contribution in [3.63, 3.8) is 0 Å². The number of aliphatic hydroxyl groups is 1. The molecule has 40 heavy (non-hydrogen) atoms. The molecule has 0 bridgehead atoms. The molecule has 1 aliphatic rings. The Morgan fingerprint density at radius 1 is 0.925 bits per heavy atom. The van der Waals surface area contributed by atoms with Crippen molar-refractivity contribution in [1.82, 2.24) is 4.98 Å². The van der Waals surface area contributed by atoms with E-state index < -0.39 is 23.5 Å². The Bertz CT molecular complexity index is 1800. The summed E-state index contributed by atoms with van der Waals surface area (Å²) in [5.74, 6) is -0.645. The van der Waals surface area contributed by atoms with Gasteiger partial charge in [-0.25, -0.2) is 4.98 Å². The zero-order valence-electron chi connectivity index (χ0n) is 20.9. The fourth-order valence-corrected chi connectivity index (χ4v) is 5.83. The summed E-state index contributed by atoms with van der Waals surface area (Å²) in [7, 11) is 0. The zero-order chi connectivity index (χ0) is 27.6. The van der Waals surface area contributed by atoms with E-state index in [2.05, 4.69) is 4.98 Å². The van der Waals surface area contributed by atoms with Crippen molar-refractivity contribution in [2.24, 2.45) is 0 Å². The first kappa shape index (κ1) is 25.6. The maximum Gasteiger partial charge on any atom is 0.296 e. The number of benzene rings is 4. The molecule has 0 saturated heterocycles. The van der Waals surface area contributed by atoms with Crippen LogP contribution in [0, 0.1) is 0 Å². The monoisotopic (exact) mass is 564 g/mol. The number of halogens is 1. The van der Waals surface area contributed by atoms with Crippen molar-refractivity contribution in [3.8, 4) is 11.5 Å². The molecule has 2 heterocycles. The molecule has 196 valence electrons. The number of rotatable bonds is 7. The minimum Gasteiger partial charge on any atom is -0.503 e. The number of allylic oxidation sites excluding steroid dienone is 1. The molecule has 5 aromatic rings. The lowest BCUT2D eigenvalue weighted by Gasteiger charge is -2.24. The molecule has 6 nitrogen and oxygen atoms in total. The Balaban J connectivity index is 1.44. The van der Waals surface area contributed by atoms with Crippen LogP contribution in [-0.2, 0) is 9.59 Å². The number of hydrogen-bond acceptors (Lipinski definition) is 6. The van der Waals surface area contributed by atoms with Gasteiger partial charge in [0, 0.05) is 5.02 Å². The van der Waals surface area contributed by atoms with Crippen LogP contribution in [0.2, 0.25) is 5.02 Å². The quantitative estimate of drug-likeness (QED) is 0.203. The summed E-state index contributed by atoms with van der Waals surface area (Å²) in [5.41, 5.74) is 2.02. The van der Waals surface area contributed by atoms with Gasteiger partial charge in [-0.05, 0) is 59.7 Å². The number of aliphatic hydroxyl groups excluding tert-OH is 1. The highest BCUT2D eigenvalue weighted by Gasteiger charge is 2.45. The molecule has 0 saturated carbocycles. The molecule has 1 aliphatic heterocycles. The highest BCUT2D eigenvalue weighted by Crippen LogP contribution is 2.44. The second kappa shape index (κ2) is 10.8. The lowest BCUT2D eigenvalue weighted by Crippen LogP contribution is -2.30. The Kier molecular flexibility index (Phi) is 6.90. The van der Waals surface area contributed by atoms with E-state index in [9.17, 15) is 14.7 Å². The summed E-state index contributed by atoms with van der Waals surface area (Å²) in [5, 5.41) is 11.9. The normalized spacial score (nSPS) is 15.4. The Hall–Kier alpha value is -4.72. The van der Waals surface area contributed by atoms with Crippen LogP contribution in [0.3, 0.4) is 0 Å². The molecule has 6 rings (SSSR count). The van der Waals surface area contributed by atoms with Crippen molar-refractivity contribution in [1.29, 1.82) is 0 Å². The van der Waals surface area contributed by atoms with E-state index in [0.29, 0.717) is 32.7 Å². The molecular weight excluding hydrogens is 544 g/mol. The molecule has 1 aromatic heterocycles. The molecule has 1 atom stereocenters. The zero-order valence-corrected chi connectivity index (χ0v) is 22.5. The number of fused-ring (bicyclic) bond motifs is 1. The van der Waals surface area contributed by atoms with Crippen LogP contribution in [0.15, 0.2) is 121 Å². The SMILES string of the molecule is O=C(C=Cc1ccccc1)C1=C(O)C(=O)N(c2nc3ccc(Cl)cc3s2)C1c1cccc(Oc2ccccc2)c1. The summed E-state index contributed by atoms with van der Waals surface area (Å²) in [6.45, 7) is 0. The third kappa shape index (κ3) is 5.00. The number of ketones is 1. The third-order valence-corrected chi connectivity index (χ3v) is 7.65. The summed E-state index contributed by atoms with van der Waals surface area (Å²) in [4.78, 5) is 33.1. The lowest BCUT2D eigenvalue weighted by molar-refractivity contribution is -0.117. The molecule has 0 radical (unpaired) electrons. The van der Waals surface area contributed by atoms with Gasteiger partial charge in [0.1, 0.15) is 11.5 Å². The number of nitrogens with zero attached hydrogens (tertiary/aromatic N) is 2. The largest absolute Gasteiger partial charge is 0.503 e. The van der Waals surface area contributed by atoms with Crippen molar-refractivity contribution < 1.29 is 19.4 Å². The maximum absolute atomic E-state index is 13.6. The number of ether oxygens (including phenoxy) is 1. The minimum absolute atomic E-state index is 0.0358. The molecule has 1 amide bonds. The standard InChI is InChI=1S/C32H21ClN2O4S/c33-22-15-16-25-27(19-22)40-32(34-25)35-29(21-10-7-13-24(18-21)39-23-11-5-2-6-12-23)28(30(37)31(35)38)26(36)17-14-20-8-3-1-4-9-20/h1-19,29,37H. The van der Waals surface area contributed by atoms with Gasteiger partial charge in [-0.15, -0.1) is 0 Å². The van der Waals surface area contributed by atoms with Gasteiger partial charge >= 0.3 is 0 Å². The number of carbonyl (C=O) groups excluding carboxylic acids is 2. The van der Waals surface area contributed by atoms with Crippen LogP contribution in [-0.4, -0.2) is 21.8 Å². The van der Waals surface area contributed by atoms with Gasteiger partial charge in [0.2, 0.25) is 0 Å². The van der Waals surface area contributed by atoms with Gasteiger partial charge in [0.25, 0.3) is 5.91 Å². The van der Waals surface area contributed by atoms with Crippen molar-refractivity contribution in [2.75, 3.05) is 4.90 Å². The Morgan fingerprint density at radius 3 is 2.42 bits per heavy atom. The third-order valence-electron chi connectivity index (χ3n) is 6.40. The lowest BCUT2D eigenvalue weighted by atomic mass is 9.95. The van der Waals surface area contributed by atoms with E-state index in [0.717, 1.165) is 10.3 Å². The molecular formula is C32H21ClN2O4S. The number of carbonyl (C=O) groups is 2. The number of anilines is 1. The number of hydrogen-bond donors (Lipinski definition) is 1. The fourth-order valence-electron chi connectivity index (χ4n) is 4.56. The van der Waals surface area contributed by atoms with E-state index in [1.807, 2.05) is 60.7 Å². The number of aromatic nitrogens is 1. The van der Waals surface area contributed by atoms with Gasteiger partial charge < -0.3 is 9.84 Å². The van der Waals surface area contributed by atoms with Crippen molar-refractivity contribution in [3.05, 3.63) is 137 Å². The number of amides is 1. The number of para-hydroxylation sites is 1. The predicted molar refractivity (Wildman–Crippen MR) is 158 cm³/mol. The van der Waals surface area contributed by atoms with Crippen LogP contribution < -0.4 is 9.64 Å². The fraction of sp³-hybridized carbons (Fsp3) is 0.0312. The maximum atomic E-state index is 13.6. The van der Waals surface area contributed by atoms with Crippen LogP contribution in [0.1, 0.15) is 17.2 Å². The predicted octanol–water partition coefficient (Wildman–Crippen LogP) is 7.92. The summed E-state index contributed by atoms with van der Waals surface area (Å²) in [6.07, 6.45) is 3.02. The average molecular weight is 565 g/mol. The van der Waals surface area contributed by atoms with E-state index in [4.69, 9.17) is 16.3 Å². The van der Waals surface area contributed by atoms with Crippen LogP contribution in [0.4, 0.5) is 5.13 Å². The molecule has 1 N–H and O–H groups in total. The van der Waals surface area contributed by atoms with Crippen LogP contribution in [0.25, 0.3) is 16.3 Å². The average Bonchev–Trinajstić information content (AvgIpc) is 3.50. The Labute approximate surface area is 239 Å². The highest BCUT2D eigenvalue weighted by molar-refractivity contribution is 7.22. The minimum atomic E-state index is -0.934. The Morgan fingerprint density at radius 2 is 1.65 bits per heavy atom. The molecule has 0 fully saturated rings. The summed E-state index contributed by atoms with van der Waals surface area (Å²) in [6, 6.07) is 30.1. The van der Waals surface area contributed by atoms with Crippen molar-refractivity contribution in [2.45, 2.75) is 6.04 Å². The first-order valence-electron chi connectivity index (χ1n) is 12.4. The smallest absolute Gasteiger partial charge is 0.296 e. The van der Waals surface area contributed by atoms with Gasteiger partial charge in [-0.3, -0.25) is 14.5 Å². The highest BCUT2D eigenvalue weighted by atomic mass is 35.5. The molecule has 0 aliphatic carbocycles. The second-order valence-corrected chi connectivity index (χ2v) is 10.5. The molecule has 4 aromatic carbocycles. The van der Waals surface area contributed by atoms with Gasteiger partial charge in [-0.1, -0.05) is 89.7 Å². The van der Waals surface area contributed by atoms with E-state index in [1.165, 1.54) is 22.3 Å². The van der Waals surface area contributed by atoms with Crippen LogP contribution in [0.5, 0.6) is 11.5 Å². The van der Waals surface area contributed by atoms with Crippen molar-refractivity contribution >= 4 is 56.1 Å². The second-order valence-electron chi connectivity index (χ2n) is 9.04. The van der Waals surface area contributed by atoms with Gasteiger partial charge in [-0.2, -0.15) is 0 Å². The summed E-state index contributed by atoms with van der Waals surface area (Å²) < 4.78 is 6.80. The molecule has 8 heteroatoms. The molecule has 0 spiro atoms.